The van der Waals surface area contributed by atoms with Gasteiger partial charge in [-0.05, 0) is 32.8 Å². The van der Waals surface area contributed by atoms with Crippen molar-refractivity contribution in [3.63, 3.8) is 0 Å². The number of benzene rings is 1. The number of fused-ring (bicyclic) bond motifs is 1. The van der Waals surface area contributed by atoms with Crippen LogP contribution < -0.4 is 10.6 Å². The van der Waals surface area contributed by atoms with Crippen molar-refractivity contribution < 1.29 is 28.3 Å². The number of hydrogen-bond donors (Lipinski definition) is 2. The largest absolute Gasteiger partial charge is 0.449 e. The van der Waals surface area contributed by atoms with E-state index in [2.05, 4.69) is 10.6 Å². The van der Waals surface area contributed by atoms with Crippen molar-refractivity contribution >= 4 is 28.9 Å². The van der Waals surface area contributed by atoms with E-state index in [1.807, 2.05) is 19.1 Å². The molecule has 0 spiro atoms. The molecule has 2 N–H and O–H groups in total. The number of ether oxygens (including phenoxy) is 2. The lowest BCUT2D eigenvalue weighted by Crippen LogP contribution is -2.47. The molecule has 0 aliphatic heterocycles. The lowest BCUT2D eigenvalue weighted by molar-refractivity contribution is -0.128. The van der Waals surface area contributed by atoms with Crippen LogP contribution in [-0.2, 0) is 20.9 Å². The Hall–Kier alpha value is -2.87. The molecule has 8 nitrogen and oxygen atoms in total. The van der Waals surface area contributed by atoms with Gasteiger partial charge in [-0.3, -0.25) is 10.1 Å². The smallest absolute Gasteiger partial charge is 0.375 e. The second-order valence-electron chi connectivity index (χ2n) is 7.03. The predicted molar refractivity (Wildman–Crippen MR) is 105 cm³/mol. The van der Waals surface area contributed by atoms with Crippen LogP contribution in [0.2, 0.25) is 0 Å². The van der Waals surface area contributed by atoms with E-state index in [0.717, 1.165) is 31.1 Å². The topological polar surface area (TPSA) is 107 Å². The molecule has 1 fully saturated rings. The van der Waals surface area contributed by atoms with E-state index in [9.17, 15) is 14.4 Å². The molecule has 1 aliphatic rings. The van der Waals surface area contributed by atoms with Gasteiger partial charge in [-0.2, -0.15) is 0 Å². The maximum Gasteiger partial charge on any atom is 0.375 e. The molecule has 3 rings (SSSR count). The van der Waals surface area contributed by atoms with Crippen molar-refractivity contribution in [1.82, 2.24) is 10.6 Å². The van der Waals surface area contributed by atoms with Gasteiger partial charge < -0.3 is 19.2 Å². The normalized spacial score (nSPS) is 15.2. The number of urea groups is 1. The van der Waals surface area contributed by atoms with Gasteiger partial charge in [0.15, 0.2) is 6.10 Å². The highest BCUT2D eigenvalue weighted by molar-refractivity contribution is 6.00. The first-order chi connectivity index (χ1) is 14.0. The minimum absolute atomic E-state index is 0.00490. The van der Waals surface area contributed by atoms with Crippen molar-refractivity contribution in [2.24, 2.45) is 0 Å². The Labute approximate surface area is 168 Å². The number of imide groups is 1. The molecule has 1 saturated carbocycles. The lowest BCUT2D eigenvalue weighted by atomic mass is 10.1. The van der Waals surface area contributed by atoms with Crippen LogP contribution in [0.25, 0.3) is 11.0 Å². The number of hydrogen-bond acceptors (Lipinski definition) is 6. The maximum atomic E-state index is 12.6. The van der Waals surface area contributed by atoms with E-state index >= 15 is 0 Å². The Morgan fingerprint density at radius 3 is 2.66 bits per heavy atom. The van der Waals surface area contributed by atoms with E-state index in [-0.39, 0.29) is 18.4 Å². The first kappa shape index (κ1) is 20.9. The van der Waals surface area contributed by atoms with E-state index in [4.69, 9.17) is 13.9 Å². The molecule has 0 saturated heterocycles. The molecule has 2 aromatic rings. The molecule has 1 aromatic carbocycles. The summed E-state index contributed by atoms with van der Waals surface area (Å²) in [4.78, 5) is 36.8. The quantitative estimate of drug-likeness (QED) is 0.689. The zero-order valence-corrected chi connectivity index (χ0v) is 16.7. The van der Waals surface area contributed by atoms with Crippen LogP contribution in [0.1, 0.15) is 55.6 Å². The fourth-order valence-electron chi connectivity index (χ4n) is 3.38. The molecular formula is C21H26N2O6. The minimum Gasteiger partial charge on any atom is -0.449 e. The zero-order valence-electron chi connectivity index (χ0n) is 16.7. The SMILES string of the molecule is CCOCc1c(C(=O)O[C@@H](C)C(=O)NC(=O)NC2CCCC2)oc2ccccc12. The number of carbonyl (C=O) groups is 3. The predicted octanol–water partition coefficient (Wildman–Crippen LogP) is 3.28. The summed E-state index contributed by atoms with van der Waals surface area (Å²) in [6.07, 6.45) is 2.77. The van der Waals surface area contributed by atoms with Gasteiger partial charge in [0.1, 0.15) is 5.58 Å². The molecule has 156 valence electrons. The lowest BCUT2D eigenvalue weighted by Gasteiger charge is -2.15. The highest BCUT2D eigenvalue weighted by Crippen LogP contribution is 2.27. The van der Waals surface area contributed by atoms with Crippen LogP contribution in [0.5, 0.6) is 0 Å². The molecule has 29 heavy (non-hydrogen) atoms. The summed E-state index contributed by atoms with van der Waals surface area (Å²) in [6, 6.07) is 6.70. The number of amides is 3. The average molecular weight is 402 g/mol. The molecule has 1 heterocycles. The van der Waals surface area contributed by atoms with Gasteiger partial charge in [0, 0.05) is 23.6 Å². The summed E-state index contributed by atoms with van der Waals surface area (Å²) in [5.74, 6) is -1.49. The Kier molecular flexibility index (Phi) is 6.87. The van der Waals surface area contributed by atoms with E-state index in [1.54, 1.807) is 12.1 Å². The molecule has 1 atom stereocenters. The molecule has 0 bridgehead atoms. The van der Waals surface area contributed by atoms with Crippen LogP contribution >= 0.6 is 0 Å². The van der Waals surface area contributed by atoms with Gasteiger partial charge in [0.2, 0.25) is 5.76 Å². The molecule has 1 aliphatic carbocycles. The highest BCUT2D eigenvalue weighted by Gasteiger charge is 2.27. The third-order valence-corrected chi connectivity index (χ3v) is 4.91. The van der Waals surface area contributed by atoms with Gasteiger partial charge in [0.25, 0.3) is 5.91 Å². The summed E-state index contributed by atoms with van der Waals surface area (Å²) in [5, 5.41) is 5.72. The average Bonchev–Trinajstić information content (AvgIpc) is 3.33. The van der Waals surface area contributed by atoms with Gasteiger partial charge in [-0.1, -0.05) is 31.0 Å². The Bertz CT molecular complexity index is 884. The van der Waals surface area contributed by atoms with Crippen LogP contribution in [0.4, 0.5) is 4.79 Å². The minimum atomic E-state index is -1.16. The fourth-order valence-corrected chi connectivity index (χ4v) is 3.38. The summed E-state index contributed by atoms with van der Waals surface area (Å²) >= 11 is 0. The van der Waals surface area contributed by atoms with E-state index in [0.29, 0.717) is 17.8 Å². The van der Waals surface area contributed by atoms with Crippen molar-refractivity contribution in [3.05, 3.63) is 35.6 Å². The first-order valence-corrected chi connectivity index (χ1v) is 9.90. The van der Waals surface area contributed by atoms with Gasteiger partial charge in [0.05, 0.1) is 6.61 Å². The van der Waals surface area contributed by atoms with Crippen molar-refractivity contribution in [2.45, 2.75) is 58.3 Å². The number of esters is 1. The van der Waals surface area contributed by atoms with Crippen LogP contribution in [0.15, 0.2) is 28.7 Å². The Balaban J connectivity index is 1.64. The summed E-state index contributed by atoms with van der Waals surface area (Å²) < 4.78 is 16.3. The Morgan fingerprint density at radius 2 is 1.93 bits per heavy atom. The van der Waals surface area contributed by atoms with Crippen molar-refractivity contribution in [2.75, 3.05) is 6.61 Å². The fraction of sp³-hybridized carbons (Fsp3) is 0.476. The molecule has 3 amide bonds. The third kappa shape index (κ3) is 5.14. The summed E-state index contributed by atoms with van der Waals surface area (Å²) in [7, 11) is 0. The van der Waals surface area contributed by atoms with Crippen LogP contribution in [0, 0.1) is 0 Å². The second kappa shape index (κ2) is 9.56. The highest BCUT2D eigenvalue weighted by atomic mass is 16.6. The van der Waals surface area contributed by atoms with Crippen molar-refractivity contribution in [3.8, 4) is 0 Å². The number of furan rings is 1. The molecule has 1 aromatic heterocycles. The third-order valence-electron chi connectivity index (χ3n) is 4.91. The van der Waals surface area contributed by atoms with E-state index in [1.165, 1.54) is 6.92 Å². The Morgan fingerprint density at radius 1 is 1.21 bits per heavy atom. The zero-order chi connectivity index (χ0) is 20.8. The van der Waals surface area contributed by atoms with Gasteiger partial charge >= 0.3 is 12.0 Å². The molecule has 0 radical (unpaired) electrons. The number of rotatable bonds is 7. The van der Waals surface area contributed by atoms with Gasteiger partial charge in [-0.15, -0.1) is 0 Å². The summed E-state index contributed by atoms with van der Waals surface area (Å²) in [5.41, 5.74) is 1.10. The molecular weight excluding hydrogens is 376 g/mol. The van der Waals surface area contributed by atoms with Crippen LogP contribution in [-0.4, -0.2) is 36.7 Å². The second-order valence-corrected chi connectivity index (χ2v) is 7.03. The summed E-state index contributed by atoms with van der Waals surface area (Å²) in [6.45, 7) is 3.91. The van der Waals surface area contributed by atoms with Crippen LogP contribution in [0.3, 0.4) is 0 Å². The number of para-hydroxylation sites is 1. The number of nitrogens with one attached hydrogen (secondary N) is 2. The monoisotopic (exact) mass is 402 g/mol. The standard InChI is InChI=1S/C21H26N2O6/c1-3-27-12-16-15-10-6-7-11-17(15)29-18(16)20(25)28-13(2)19(24)23-21(26)22-14-8-4-5-9-14/h6-7,10-11,13-14H,3-5,8-9,12H2,1-2H3,(H2,22,23,24,26)/t13-/m0/s1. The number of carbonyl (C=O) groups excluding carboxylic acids is 3. The van der Waals surface area contributed by atoms with E-state index < -0.39 is 24.0 Å². The van der Waals surface area contributed by atoms with Gasteiger partial charge in [-0.25, -0.2) is 9.59 Å². The first-order valence-electron chi connectivity index (χ1n) is 9.90. The van der Waals surface area contributed by atoms with Crippen molar-refractivity contribution in [1.29, 1.82) is 0 Å². The maximum absolute atomic E-state index is 12.6. The molecule has 8 heteroatoms. The molecule has 0 unspecified atom stereocenters.